The van der Waals surface area contributed by atoms with Crippen molar-refractivity contribution in [3.63, 3.8) is 0 Å². The number of ether oxygens (including phenoxy) is 1. The first kappa shape index (κ1) is 21.8. The molecule has 6 nitrogen and oxygen atoms in total. The van der Waals surface area contributed by atoms with Crippen LogP contribution in [0.2, 0.25) is 0 Å². The minimum absolute atomic E-state index is 0.0311. The van der Waals surface area contributed by atoms with Crippen LogP contribution in [0, 0.1) is 0 Å². The Balaban J connectivity index is 1.46. The monoisotopic (exact) mass is 402 g/mol. The van der Waals surface area contributed by atoms with E-state index in [-0.39, 0.29) is 17.8 Å². The lowest BCUT2D eigenvalue weighted by atomic mass is 9.85. The van der Waals surface area contributed by atoms with Gasteiger partial charge in [0, 0.05) is 18.9 Å². The molecular weight excluding hydrogens is 368 g/mol. The highest BCUT2D eigenvalue weighted by atomic mass is 16.6. The van der Waals surface area contributed by atoms with Crippen LogP contribution in [0.25, 0.3) is 0 Å². The van der Waals surface area contributed by atoms with Crippen LogP contribution >= 0.6 is 0 Å². The molecule has 0 saturated carbocycles. The summed E-state index contributed by atoms with van der Waals surface area (Å²) in [5.74, 6) is 0.286. The summed E-state index contributed by atoms with van der Waals surface area (Å²) in [6, 6.07) is 8.52. The molecule has 1 aromatic carbocycles. The number of likely N-dealkylation sites (tertiary alicyclic amines) is 1. The number of esters is 1. The number of aliphatic hydroxyl groups is 1. The van der Waals surface area contributed by atoms with Gasteiger partial charge in [0.05, 0.1) is 6.42 Å². The smallest absolute Gasteiger partial charge is 0.307 e. The van der Waals surface area contributed by atoms with E-state index in [0.29, 0.717) is 25.2 Å². The summed E-state index contributed by atoms with van der Waals surface area (Å²) in [5, 5.41) is 12.7. The van der Waals surface area contributed by atoms with Gasteiger partial charge in [-0.1, -0.05) is 24.3 Å². The van der Waals surface area contributed by atoms with Crippen LogP contribution in [0.1, 0.15) is 75.8 Å². The molecule has 2 unspecified atom stereocenters. The van der Waals surface area contributed by atoms with Crippen molar-refractivity contribution in [2.24, 2.45) is 0 Å². The molecule has 1 aromatic rings. The van der Waals surface area contributed by atoms with Gasteiger partial charge in [-0.2, -0.15) is 0 Å². The molecule has 2 aliphatic heterocycles. The van der Waals surface area contributed by atoms with Crippen molar-refractivity contribution >= 4 is 11.9 Å². The largest absolute Gasteiger partial charge is 0.460 e. The van der Waals surface area contributed by atoms with E-state index in [4.69, 9.17) is 4.74 Å². The molecule has 0 bridgehead atoms. The highest BCUT2D eigenvalue weighted by molar-refractivity contribution is 5.77. The highest BCUT2D eigenvalue weighted by Gasteiger charge is 2.28. The van der Waals surface area contributed by atoms with Gasteiger partial charge in [0.25, 0.3) is 0 Å². The predicted octanol–water partition coefficient (Wildman–Crippen LogP) is 2.91. The fourth-order valence-corrected chi connectivity index (χ4v) is 4.28. The fraction of sp³-hybridized carbons (Fsp3) is 0.652. The Morgan fingerprint density at radius 1 is 1.14 bits per heavy atom. The van der Waals surface area contributed by atoms with Gasteiger partial charge in [0.15, 0.2) is 0 Å². The lowest BCUT2D eigenvalue weighted by Gasteiger charge is -2.32. The fourth-order valence-electron chi connectivity index (χ4n) is 4.28. The van der Waals surface area contributed by atoms with E-state index in [1.54, 1.807) is 0 Å². The first-order valence-electron chi connectivity index (χ1n) is 10.7. The zero-order chi connectivity index (χ0) is 21.0. The molecule has 160 valence electrons. The SMILES string of the molecule is CC(C)(C)OC(=O)CCN1CCC(c2ccc(C3CCC(=O)NC3O)cc2)CC1. The molecule has 0 aliphatic carbocycles. The molecule has 1 amide bonds. The van der Waals surface area contributed by atoms with Crippen LogP contribution in [0.4, 0.5) is 0 Å². The van der Waals surface area contributed by atoms with E-state index in [1.165, 1.54) is 5.56 Å². The molecule has 3 rings (SSSR count). The van der Waals surface area contributed by atoms with Crippen molar-refractivity contribution in [2.75, 3.05) is 19.6 Å². The molecule has 2 saturated heterocycles. The number of amides is 1. The number of carbonyl (C=O) groups is 2. The van der Waals surface area contributed by atoms with Crippen molar-refractivity contribution in [1.29, 1.82) is 0 Å². The zero-order valence-electron chi connectivity index (χ0n) is 17.8. The molecule has 2 fully saturated rings. The van der Waals surface area contributed by atoms with Gasteiger partial charge >= 0.3 is 5.97 Å². The van der Waals surface area contributed by atoms with Gasteiger partial charge < -0.3 is 20.1 Å². The van der Waals surface area contributed by atoms with Gasteiger partial charge in [-0.3, -0.25) is 9.59 Å². The maximum Gasteiger partial charge on any atom is 0.307 e. The van der Waals surface area contributed by atoms with Crippen LogP contribution in [-0.2, 0) is 14.3 Å². The van der Waals surface area contributed by atoms with Gasteiger partial charge in [-0.05, 0) is 70.2 Å². The second-order valence-corrected chi connectivity index (χ2v) is 9.28. The molecule has 2 atom stereocenters. The van der Waals surface area contributed by atoms with Gasteiger partial charge in [-0.15, -0.1) is 0 Å². The van der Waals surface area contributed by atoms with Crippen LogP contribution in [0.15, 0.2) is 24.3 Å². The number of hydrogen-bond donors (Lipinski definition) is 2. The minimum atomic E-state index is -0.796. The zero-order valence-corrected chi connectivity index (χ0v) is 17.8. The Hall–Kier alpha value is -1.92. The summed E-state index contributed by atoms with van der Waals surface area (Å²) in [6.07, 6.45) is 2.95. The molecule has 0 spiro atoms. The number of piperidine rings is 2. The summed E-state index contributed by atoms with van der Waals surface area (Å²) >= 11 is 0. The first-order chi connectivity index (χ1) is 13.7. The summed E-state index contributed by atoms with van der Waals surface area (Å²) in [5.41, 5.74) is 1.99. The lowest BCUT2D eigenvalue weighted by molar-refractivity contribution is -0.155. The van der Waals surface area contributed by atoms with E-state index in [0.717, 1.165) is 38.0 Å². The van der Waals surface area contributed by atoms with Crippen molar-refractivity contribution in [1.82, 2.24) is 10.2 Å². The Kier molecular flexibility index (Phi) is 6.96. The number of hydrogen-bond acceptors (Lipinski definition) is 5. The van der Waals surface area contributed by atoms with Crippen LogP contribution in [0.5, 0.6) is 0 Å². The lowest BCUT2D eigenvalue weighted by Crippen LogP contribution is -2.43. The predicted molar refractivity (Wildman–Crippen MR) is 111 cm³/mol. The second-order valence-electron chi connectivity index (χ2n) is 9.28. The van der Waals surface area contributed by atoms with Crippen molar-refractivity contribution in [2.45, 2.75) is 76.5 Å². The molecule has 0 aromatic heterocycles. The highest BCUT2D eigenvalue weighted by Crippen LogP contribution is 2.32. The van der Waals surface area contributed by atoms with Crippen molar-refractivity contribution < 1.29 is 19.4 Å². The van der Waals surface area contributed by atoms with E-state index in [2.05, 4.69) is 34.5 Å². The maximum atomic E-state index is 11.9. The Bertz CT molecular complexity index is 703. The van der Waals surface area contributed by atoms with Crippen LogP contribution in [-0.4, -0.2) is 53.3 Å². The second kappa shape index (κ2) is 9.26. The number of aliphatic hydroxyl groups excluding tert-OH is 1. The van der Waals surface area contributed by atoms with Gasteiger partial charge in [0.1, 0.15) is 11.8 Å². The van der Waals surface area contributed by atoms with E-state index in [9.17, 15) is 14.7 Å². The molecule has 0 radical (unpaired) electrons. The average molecular weight is 403 g/mol. The third kappa shape index (κ3) is 6.28. The van der Waals surface area contributed by atoms with Crippen LogP contribution < -0.4 is 5.32 Å². The number of carbonyl (C=O) groups excluding carboxylic acids is 2. The molecule has 29 heavy (non-hydrogen) atoms. The average Bonchev–Trinajstić information content (AvgIpc) is 2.66. The number of rotatable bonds is 5. The number of benzene rings is 1. The standard InChI is InChI=1S/C23H34N2O4/c1-23(2,3)29-21(27)12-15-25-13-10-17(11-14-25)16-4-6-18(7-5-16)19-8-9-20(26)24-22(19)28/h4-7,17,19,22,28H,8-15H2,1-3H3,(H,24,26). The summed E-state index contributed by atoms with van der Waals surface area (Å²) in [7, 11) is 0. The molecular formula is C23H34N2O4. The third-order valence-corrected chi connectivity index (χ3v) is 5.85. The normalized spacial score (nSPS) is 24.2. The summed E-state index contributed by atoms with van der Waals surface area (Å²) < 4.78 is 5.39. The molecule has 2 N–H and O–H groups in total. The van der Waals surface area contributed by atoms with Gasteiger partial charge in [0.2, 0.25) is 5.91 Å². The quantitative estimate of drug-likeness (QED) is 0.741. The van der Waals surface area contributed by atoms with Gasteiger partial charge in [-0.25, -0.2) is 0 Å². The minimum Gasteiger partial charge on any atom is -0.460 e. The Morgan fingerprint density at radius 2 is 1.76 bits per heavy atom. The maximum absolute atomic E-state index is 11.9. The van der Waals surface area contributed by atoms with E-state index < -0.39 is 11.8 Å². The van der Waals surface area contributed by atoms with E-state index in [1.807, 2.05) is 20.8 Å². The Morgan fingerprint density at radius 3 is 2.34 bits per heavy atom. The van der Waals surface area contributed by atoms with Crippen molar-refractivity contribution in [3.05, 3.63) is 35.4 Å². The molecule has 2 aliphatic rings. The third-order valence-electron chi connectivity index (χ3n) is 5.85. The van der Waals surface area contributed by atoms with E-state index >= 15 is 0 Å². The number of nitrogens with one attached hydrogen (secondary N) is 1. The summed E-state index contributed by atoms with van der Waals surface area (Å²) in [4.78, 5) is 25.6. The molecule has 2 heterocycles. The van der Waals surface area contributed by atoms with Crippen LogP contribution in [0.3, 0.4) is 0 Å². The summed E-state index contributed by atoms with van der Waals surface area (Å²) in [6.45, 7) is 8.42. The first-order valence-corrected chi connectivity index (χ1v) is 10.7. The topological polar surface area (TPSA) is 78.9 Å². The number of nitrogens with zero attached hydrogens (tertiary/aromatic N) is 1. The molecule has 6 heteroatoms. The van der Waals surface area contributed by atoms with Crippen molar-refractivity contribution in [3.8, 4) is 0 Å². The Labute approximate surface area is 173 Å².